The van der Waals surface area contributed by atoms with Gasteiger partial charge in [-0.05, 0) is 67.6 Å². The number of nitrogens with zero attached hydrogens (tertiary/aromatic N) is 1. The SMILES string of the molecule is O=C(C1CC1)N1CCCc2ccc(NS(=O)(=O)c3ccc(OCC(F)(F)F)cc3)cc21. The maximum atomic E-state index is 12.7. The molecule has 0 saturated heterocycles. The highest BCUT2D eigenvalue weighted by molar-refractivity contribution is 7.92. The summed E-state index contributed by atoms with van der Waals surface area (Å²) >= 11 is 0. The standard InChI is InChI=1S/C21H21F3N2O4S/c22-21(23,24)13-30-17-7-9-18(10-8-17)31(28,29)25-16-6-5-14-2-1-11-26(19(14)12-16)20(27)15-3-4-15/h5-10,12,15,25H,1-4,11,13H2. The van der Waals surface area contributed by atoms with Crippen LogP contribution in [0.3, 0.4) is 0 Å². The number of amides is 1. The summed E-state index contributed by atoms with van der Waals surface area (Å²) in [6.45, 7) is -0.847. The molecule has 0 atom stereocenters. The maximum Gasteiger partial charge on any atom is 0.422 e. The third-order valence-corrected chi connectivity index (χ3v) is 6.58. The van der Waals surface area contributed by atoms with Gasteiger partial charge >= 0.3 is 6.18 Å². The first kappa shape index (κ1) is 21.5. The summed E-state index contributed by atoms with van der Waals surface area (Å²) in [5.41, 5.74) is 2.03. The number of hydrogen-bond donors (Lipinski definition) is 1. The summed E-state index contributed by atoms with van der Waals surface area (Å²) in [7, 11) is -3.97. The number of carbonyl (C=O) groups excluding carboxylic acids is 1. The molecule has 1 aliphatic carbocycles. The van der Waals surface area contributed by atoms with Gasteiger partial charge in [-0.15, -0.1) is 0 Å². The van der Waals surface area contributed by atoms with Crippen molar-refractivity contribution in [2.24, 2.45) is 5.92 Å². The first-order valence-corrected chi connectivity index (χ1v) is 11.4. The van der Waals surface area contributed by atoms with Crippen LogP contribution in [0.1, 0.15) is 24.8 Å². The fraction of sp³-hybridized carbons (Fsp3) is 0.381. The molecule has 6 nitrogen and oxygen atoms in total. The average Bonchev–Trinajstić information content (AvgIpc) is 3.56. The highest BCUT2D eigenvalue weighted by Crippen LogP contribution is 2.37. The highest BCUT2D eigenvalue weighted by atomic mass is 32.2. The molecule has 0 spiro atoms. The zero-order chi connectivity index (χ0) is 22.2. The minimum absolute atomic E-state index is 0.0596. The van der Waals surface area contributed by atoms with E-state index in [2.05, 4.69) is 9.46 Å². The van der Waals surface area contributed by atoms with Crippen molar-refractivity contribution >= 4 is 27.3 Å². The Kier molecular flexibility index (Phi) is 5.59. The van der Waals surface area contributed by atoms with E-state index in [9.17, 15) is 26.4 Å². The van der Waals surface area contributed by atoms with Gasteiger partial charge in [0.25, 0.3) is 10.0 Å². The maximum absolute atomic E-state index is 12.7. The second-order valence-electron chi connectivity index (χ2n) is 7.69. The molecule has 166 valence electrons. The molecule has 4 rings (SSSR count). The van der Waals surface area contributed by atoms with Crippen LogP contribution in [0, 0.1) is 5.92 Å². The van der Waals surface area contributed by atoms with Gasteiger partial charge in [0.2, 0.25) is 5.91 Å². The van der Waals surface area contributed by atoms with Crippen LogP contribution in [-0.4, -0.2) is 33.7 Å². The molecule has 1 N–H and O–H groups in total. The molecule has 0 radical (unpaired) electrons. The average molecular weight is 454 g/mol. The summed E-state index contributed by atoms with van der Waals surface area (Å²) in [6, 6.07) is 9.81. The molecule has 2 aromatic carbocycles. The topological polar surface area (TPSA) is 75.7 Å². The lowest BCUT2D eigenvalue weighted by molar-refractivity contribution is -0.153. The second-order valence-corrected chi connectivity index (χ2v) is 9.37. The lowest BCUT2D eigenvalue weighted by atomic mass is 10.0. The van der Waals surface area contributed by atoms with Gasteiger partial charge in [-0.1, -0.05) is 6.07 Å². The largest absolute Gasteiger partial charge is 0.484 e. The van der Waals surface area contributed by atoms with Gasteiger partial charge in [-0.25, -0.2) is 8.42 Å². The van der Waals surface area contributed by atoms with Crippen LogP contribution in [0.5, 0.6) is 5.75 Å². The quantitative estimate of drug-likeness (QED) is 0.713. The van der Waals surface area contributed by atoms with Crippen LogP contribution in [0.25, 0.3) is 0 Å². The van der Waals surface area contributed by atoms with E-state index in [-0.39, 0.29) is 22.5 Å². The van der Waals surface area contributed by atoms with E-state index in [1.54, 1.807) is 17.0 Å². The Bertz CT molecular complexity index is 1080. The van der Waals surface area contributed by atoms with Gasteiger partial charge in [-0.2, -0.15) is 13.2 Å². The number of aryl methyl sites for hydroxylation is 1. The molecular formula is C21H21F3N2O4S. The van der Waals surface area contributed by atoms with Crippen molar-refractivity contribution in [2.45, 2.75) is 36.8 Å². The van der Waals surface area contributed by atoms with Gasteiger partial charge in [0.15, 0.2) is 6.61 Å². The molecule has 0 unspecified atom stereocenters. The fourth-order valence-electron chi connectivity index (χ4n) is 3.51. The summed E-state index contributed by atoms with van der Waals surface area (Å²) in [5.74, 6) is 0.0547. The molecule has 1 heterocycles. The van der Waals surface area contributed by atoms with E-state index >= 15 is 0 Å². The Morgan fingerprint density at radius 3 is 2.48 bits per heavy atom. The number of nitrogens with one attached hydrogen (secondary N) is 1. The first-order valence-electron chi connectivity index (χ1n) is 9.89. The molecule has 1 fully saturated rings. The number of carbonyl (C=O) groups is 1. The van der Waals surface area contributed by atoms with Crippen molar-refractivity contribution in [3.05, 3.63) is 48.0 Å². The number of fused-ring (bicyclic) bond motifs is 1. The van der Waals surface area contributed by atoms with Crippen molar-refractivity contribution in [1.29, 1.82) is 0 Å². The van der Waals surface area contributed by atoms with E-state index in [1.165, 1.54) is 24.3 Å². The molecule has 2 aliphatic rings. The number of hydrogen-bond acceptors (Lipinski definition) is 4. The number of ether oxygens (including phenoxy) is 1. The van der Waals surface area contributed by atoms with Crippen LogP contribution >= 0.6 is 0 Å². The Morgan fingerprint density at radius 2 is 1.84 bits per heavy atom. The Labute approximate surface area is 178 Å². The second kappa shape index (κ2) is 8.07. The Balaban J connectivity index is 1.50. The van der Waals surface area contributed by atoms with Gasteiger partial charge in [0, 0.05) is 18.2 Å². The number of alkyl halides is 3. The summed E-state index contributed by atoms with van der Waals surface area (Å²) in [5, 5.41) is 0. The molecule has 1 saturated carbocycles. The number of sulfonamides is 1. The van der Waals surface area contributed by atoms with Gasteiger partial charge in [0.1, 0.15) is 5.75 Å². The van der Waals surface area contributed by atoms with Crippen molar-refractivity contribution in [2.75, 3.05) is 22.8 Å². The van der Waals surface area contributed by atoms with E-state index < -0.39 is 22.8 Å². The van der Waals surface area contributed by atoms with Gasteiger partial charge < -0.3 is 9.64 Å². The van der Waals surface area contributed by atoms with Crippen LogP contribution in [0.4, 0.5) is 24.5 Å². The lowest BCUT2D eigenvalue weighted by Crippen LogP contribution is -2.36. The fourth-order valence-corrected chi connectivity index (χ4v) is 4.56. The van der Waals surface area contributed by atoms with Gasteiger partial charge in [-0.3, -0.25) is 9.52 Å². The zero-order valence-electron chi connectivity index (χ0n) is 16.5. The molecule has 0 aromatic heterocycles. The predicted octanol–water partition coefficient (Wildman–Crippen LogP) is 4.12. The first-order chi connectivity index (χ1) is 14.6. The molecule has 1 amide bonds. The minimum atomic E-state index is -4.48. The third kappa shape index (κ3) is 5.12. The van der Waals surface area contributed by atoms with Crippen molar-refractivity contribution in [3.8, 4) is 5.75 Å². The molecule has 31 heavy (non-hydrogen) atoms. The third-order valence-electron chi connectivity index (χ3n) is 5.19. The normalized spacial score (nSPS) is 16.5. The van der Waals surface area contributed by atoms with Crippen LogP contribution in [-0.2, 0) is 21.2 Å². The number of anilines is 2. The van der Waals surface area contributed by atoms with E-state index in [1.807, 2.05) is 6.07 Å². The Morgan fingerprint density at radius 1 is 1.13 bits per heavy atom. The van der Waals surface area contributed by atoms with E-state index in [4.69, 9.17) is 0 Å². The number of halogens is 3. The number of benzene rings is 2. The molecule has 10 heteroatoms. The molecule has 0 bridgehead atoms. The highest BCUT2D eigenvalue weighted by Gasteiger charge is 2.35. The van der Waals surface area contributed by atoms with Gasteiger partial charge in [0.05, 0.1) is 10.6 Å². The summed E-state index contributed by atoms with van der Waals surface area (Å²) in [6.07, 6.45) is -1.03. The minimum Gasteiger partial charge on any atom is -0.484 e. The van der Waals surface area contributed by atoms with Crippen LogP contribution < -0.4 is 14.4 Å². The molecule has 2 aromatic rings. The molecule has 1 aliphatic heterocycles. The van der Waals surface area contributed by atoms with Crippen molar-refractivity contribution < 1.29 is 31.1 Å². The lowest BCUT2D eigenvalue weighted by Gasteiger charge is -2.30. The smallest absolute Gasteiger partial charge is 0.422 e. The predicted molar refractivity (Wildman–Crippen MR) is 109 cm³/mol. The summed E-state index contributed by atoms with van der Waals surface area (Å²) in [4.78, 5) is 14.2. The number of rotatable bonds is 6. The summed E-state index contributed by atoms with van der Waals surface area (Å²) < 4.78 is 69.2. The van der Waals surface area contributed by atoms with Crippen molar-refractivity contribution in [1.82, 2.24) is 0 Å². The zero-order valence-corrected chi connectivity index (χ0v) is 17.3. The van der Waals surface area contributed by atoms with E-state index in [0.29, 0.717) is 12.2 Å². The monoisotopic (exact) mass is 454 g/mol. The van der Waals surface area contributed by atoms with Crippen molar-refractivity contribution in [3.63, 3.8) is 0 Å². The Hall–Kier alpha value is -2.75. The van der Waals surface area contributed by atoms with Crippen LogP contribution in [0.15, 0.2) is 47.4 Å². The van der Waals surface area contributed by atoms with E-state index in [0.717, 1.165) is 36.9 Å². The van der Waals surface area contributed by atoms with Crippen LogP contribution in [0.2, 0.25) is 0 Å². The molecular weight excluding hydrogens is 433 g/mol.